The van der Waals surface area contributed by atoms with Gasteiger partial charge in [-0.2, -0.15) is 0 Å². The van der Waals surface area contributed by atoms with Crippen molar-refractivity contribution in [3.63, 3.8) is 0 Å². The van der Waals surface area contributed by atoms with E-state index in [1.807, 2.05) is 11.0 Å². The number of hydrogen-bond acceptors (Lipinski definition) is 4. The number of nitrogens with zero attached hydrogens (tertiary/aromatic N) is 2. The van der Waals surface area contributed by atoms with Crippen molar-refractivity contribution >= 4 is 43.3 Å². The number of rotatable bonds is 1. The Kier molecular flexibility index (Phi) is 3.32. The number of aromatic nitrogens is 1. The zero-order chi connectivity index (χ0) is 12.5. The lowest BCUT2D eigenvalue weighted by Gasteiger charge is -2.26. The quantitative estimate of drug-likeness (QED) is 0.808. The van der Waals surface area contributed by atoms with Gasteiger partial charge in [-0.25, -0.2) is 0 Å². The molecule has 0 atom stereocenters. The highest BCUT2D eigenvalue weighted by Gasteiger charge is 2.20. The number of halogens is 1. The van der Waals surface area contributed by atoms with Crippen LogP contribution in [0, 0.1) is 0 Å². The molecule has 1 fully saturated rings. The van der Waals surface area contributed by atoms with Crippen LogP contribution < -0.4 is 0 Å². The van der Waals surface area contributed by atoms with Crippen molar-refractivity contribution in [1.29, 1.82) is 0 Å². The number of hydrogen-bond donors (Lipinski definition) is 0. The molecule has 3 heterocycles. The first-order chi connectivity index (χ1) is 8.75. The molecule has 3 rings (SSSR count). The van der Waals surface area contributed by atoms with Crippen LogP contribution in [0.4, 0.5) is 0 Å². The highest BCUT2D eigenvalue weighted by molar-refractivity contribution is 9.10. The van der Waals surface area contributed by atoms with Crippen molar-refractivity contribution in [3.8, 4) is 0 Å². The van der Waals surface area contributed by atoms with E-state index in [2.05, 4.69) is 20.9 Å². The molecule has 0 bridgehead atoms. The van der Waals surface area contributed by atoms with E-state index in [1.54, 1.807) is 12.4 Å². The molecule has 0 radical (unpaired) electrons. The van der Waals surface area contributed by atoms with E-state index in [9.17, 15) is 4.79 Å². The molecule has 94 valence electrons. The van der Waals surface area contributed by atoms with E-state index in [0.29, 0.717) is 26.3 Å². The van der Waals surface area contributed by atoms with Crippen molar-refractivity contribution in [2.75, 3.05) is 26.3 Å². The number of carbonyl (C=O) groups excluding carboxylic acids is 1. The average molecular weight is 327 g/mol. The first-order valence-electron chi connectivity index (χ1n) is 5.66. The van der Waals surface area contributed by atoms with E-state index < -0.39 is 0 Å². The minimum atomic E-state index is 0.0893. The van der Waals surface area contributed by atoms with Gasteiger partial charge in [0.25, 0.3) is 5.91 Å². The smallest absolute Gasteiger partial charge is 0.264 e. The summed E-state index contributed by atoms with van der Waals surface area (Å²) < 4.78 is 7.21. The zero-order valence-electron chi connectivity index (χ0n) is 9.56. The SMILES string of the molecule is O=C(c1cc2c(Br)cncc2s1)N1CCOCC1. The van der Waals surface area contributed by atoms with Gasteiger partial charge >= 0.3 is 0 Å². The predicted octanol–water partition coefficient (Wildman–Crippen LogP) is 2.53. The van der Waals surface area contributed by atoms with Crippen LogP contribution in [0.25, 0.3) is 10.1 Å². The summed E-state index contributed by atoms with van der Waals surface area (Å²) >= 11 is 4.94. The van der Waals surface area contributed by atoms with Crippen LogP contribution >= 0.6 is 27.3 Å². The third-order valence-corrected chi connectivity index (χ3v) is 4.60. The Labute approximate surface area is 117 Å². The minimum Gasteiger partial charge on any atom is -0.378 e. The molecular weight excluding hydrogens is 316 g/mol. The molecular formula is C12H11BrN2O2S. The summed E-state index contributed by atoms with van der Waals surface area (Å²) in [6.45, 7) is 2.60. The Morgan fingerprint density at radius 1 is 1.39 bits per heavy atom. The molecule has 2 aromatic heterocycles. The summed E-state index contributed by atoms with van der Waals surface area (Å²) in [6.07, 6.45) is 3.54. The van der Waals surface area contributed by atoms with Crippen LogP contribution in [-0.4, -0.2) is 42.1 Å². The second kappa shape index (κ2) is 4.95. The molecule has 1 amide bonds. The maximum absolute atomic E-state index is 12.3. The zero-order valence-corrected chi connectivity index (χ0v) is 12.0. The number of ether oxygens (including phenoxy) is 1. The average Bonchev–Trinajstić information content (AvgIpc) is 2.84. The highest BCUT2D eigenvalue weighted by Crippen LogP contribution is 2.31. The van der Waals surface area contributed by atoms with Crippen LogP contribution in [0.1, 0.15) is 9.67 Å². The van der Waals surface area contributed by atoms with E-state index in [4.69, 9.17) is 4.74 Å². The fourth-order valence-electron chi connectivity index (χ4n) is 1.96. The Morgan fingerprint density at radius 2 is 2.17 bits per heavy atom. The second-order valence-electron chi connectivity index (χ2n) is 4.05. The normalized spacial score (nSPS) is 16.2. The third-order valence-electron chi connectivity index (χ3n) is 2.91. The van der Waals surface area contributed by atoms with E-state index >= 15 is 0 Å². The van der Waals surface area contributed by atoms with Gasteiger partial charge in [0.15, 0.2) is 0 Å². The number of pyridine rings is 1. The maximum Gasteiger partial charge on any atom is 0.264 e. The Balaban J connectivity index is 1.94. The Morgan fingerprint density at radius 3 is 2.89 bits per heavy atom. The van der Waals surface area contributed by atoms with Gasteiger partial charge in [0, 0.05) is 35.3 Å². The molecule has 0 unspecified atom stereocenters. The van der Waals surface area contributed by atoms with Crippen LogP contribution in [0.3, 0.4) is 0 Å². The molecule has 0 spiro atoms. The van der Waals surface area contributed by atoms with Crippen molar-refractivity contribution < 1.29 is 9.53 Å². The topological polar surface area (TPSA) is 42.4 Å². The number of amides is 1. The van der Waals surface area contributed by atoms with Crippen molar-refractivity contribution in [2.24, 2.45) is 0 Å². The summed E-state index contributed by atoms with van der Waals surface area (Å²) in [7, 11) is 0. The number of morpholine rings is 1. The lowest BCUT2D eigenvalue weighted by molar-refractivity contribution is 0.0306. The molecule has 18 heavy (non-hydrogen) atoms. The second-order valence-corrected chi connectivity index (χ2v) is 5.99. The van der Waals surface area contributed by atoms with Crippen LogP contribution in [-0.2, 0) is 4.74 Å². The standard InChI is InChI=1S/C12H11BrN2O2S/c13-9-6-14-7-11-8(9)5-10(18-11)12(16)15-1-3-17-4-2-15/h5-7H,1-4H2. The number of thiophene rings is 1. The van der Waals surface area contributed by atoms with Crippen molar-refractivity contribution in [1.82, 2.24) is 9.88 Å². The highest BCUT2D eigenvalue weighted by atomic mass is 79.9. The first-order valence-corrected chi connectivity index (χ1v) is 7.27. The van der Waals surface area contributed by atoms with E-state index in [0.717, 1.165) is 19.4 Å². The van der Waals surface area contributed by atoms with Crippen LogP contribution in [0.5, 0.6) is 0 Å². The fraction of sp³-hybridized carbons (Fsp3) is 0.333. The van der Waals surface area contributed by atoms with Gasteiger partial charge in [0.1, 0.15) is 0 Å². The number of fused-ring (bicyclic) bond motifs is 1. The van der Waals surface area contributed by atoms with Gasteiger partial charge in [0.05, 0.1) is 22.8 Å². The molecule has 1 aliphatic rings. The lowest BCUT2D eigenvalue weighted by atomic mass is 10.3. The van der Waals surface area contributed by atoms with Gasteiger partial charge in [-0.05, 0) is 22.0 Å². The minimum absolute atomic E-state index is 0.0893. The number of carbonyl (C=O) groups is 1. The first kappa shape index (κ1) is 12.1. The molecule has 0 saturated carbocycles. The predicted molar refractivity (Wildman–Crippen MR) is 74.0 cm³/mol. The molecule has 6 heteroatoms. The summed E-state index contributed by atoms with van der Waals surface area (Å²) in [5, 5.41) is 1.05. The molecule has 4 nitrogen and oxygen atoms in total. The Bertz CT molecular complexity index is 593. The van der Waals surface area contributed by atoms with Crippen molar-refractivity contribution in [3.05, 3.63) is 27.8 Å². The van der Waals surface area contributed by atoms with Gasteiger partial charge in [-0.15, -0.1) is 11.3 Å². The van der Waals surface area contributed by atoms with E-state index in [-0.39, 0.29) is 5.91 Å². The van der Waals surface area contributed by atoms with Crippen molar-refractivity contribution in [2.45, 2.75) is 0 Å². The molecule has 0 aliphatic carbocycles. The molecule has 0 N–H and O–H groups in total. The van der Waals surface area contributed by atoms with Gasteiger partial charge in [0.2, 0.25) is 0 Å². The summed E-state index contributed by atoms with van der Waals surface area (Å²) in [6, 6.07) is 1.93. The van der Waals surface area contributed by atoms with Gasteiger partial charge < -0.3 is 9.64 Å². The van der Waals surface area contributed by atoms with Crippen LogP contribution in [0.2, 0.25) is 0 Å². The van der Waals surface area contributed by atoms with Gasteiger partial charge in [-0.3, -0.25) is 9.78 Å². The van der Waals surface area contributed by atoms with Crippen LogP contribution in [0.15, 0.2) is 22.9 Å². The summed E-state index contributed by atoms with van der Waals surface area (Å²) in [5.41, 5.74) is 0. The molecule has 1 aliphatic heterocycles. The lowest BCUT2D eigenvalue weighted by Crippen LogP contribution is -2.40. The monoisotopic (exact) mass is 326 g/mol. The summed E-state index contributed by atoms with van der Waals surface area (Å²) in [4.78, 5) is 19.0. The third kappa shape index (κ3) is 2.15. The molecule has 1 saturated heterocycles. The summed E-state index contributed by atoms with van der Waals surface area (Å²) in [5.74, 6) is 0.0893. The van der Waals surface area contributed by atoms with E-state index in [1.165, 1.54) is 11.3 Å². The molecule has 0 aromatic carbocycles. The van der Waals surface area contributed by atoms with Gasteiger partial charge in [-0.1, -0.05) is 0 Å². The maximum atomic E-state index is 12.3. The fourth-order valence-corrected chi connectivity index (χ4v) is 3.56. The molecule has 2 aromatic rings. The largest absolute Gasteiger partial charge is 0.378 e. The Hall–Kier alpha value is -0.980.